The van der Waals surface area contributed by atoms with E-state index in [0.717, 1.165) is 13.1 Å². The first kappa shape index (κ1) is 16.2. The largest absolute Gasteiger partial charge is 0.309 e. The highest BCUT2D eigenvalue weighted by molar-refractivity contribution is 5.28. The average Bonchev–Trinajstić information content (AvgIpc) is 2.33. The molecule has 0 aliphatic heterocycles. The summed E-state index contributed by atoms with van der Waals surface area (Å²) in [4.78, 5) is 2.53. The van der Waals surface area contributed by atoms with Crippen molar-refractivity contribution in [2.24, 2.45) is 0 Å². The van der Waals surface area contributed by atoms with E-state index in [0.29, 0.717) is 18.1 Å². The molecule has 1 aromatic carbocycles. The molecule has 1 atom stereocenters. The highest BCUT2D eigenvalue weighted by atomic mass is 15.2. The van der Waals surface area contributed by atoms with E-state index in [2.05, 4.69) is 76.0 Å². The van der Waals surface area contributed by atoms with Crippen LogP contribution in [0.1, 0.15) is 51.8 Å². The van der Waals surface area contributed by atoms with E-state index < -0.39 is 0 Å². The van der Waals surface area contributed by atoms with Crippen LogP contribution in [-0.4, -0.2) is 30.1 Å². The summed E-state index contributed by atoms with van der Waals surface area (Å²) in [6.45, 7) is 15.6. The van der Waals surface area contributed by atoms with Gasteiger partial charge in [0.05, 0.1) is 0 Å². The molecule has 0 radical (unpaired) electrons. The molecule has 0 amide bonds. The Morgan fingerprint density at radius 2 is 1.58 bits per heavy atom. The summed E-state index contributed by atoms with van der Waals surface area (Å²) in [7, 11) is 0. The van der Waals surface area contributed by atoms with Crippen molar-refractivity contribution in [1.29, 1.82) is 0 Å². The van der Waals surface area contributed by atoms with Crippen LogP contribution in [0.25, 0.3) is 0 Å². The maximum absolute atomic E-state index is 3.64. The first-order chi connectivity index (χ1) is 8.93. The Labute approximate surface area is 119 Å². The monoisotopic (exact) mass is 262 g/mol. The van der Waals surface area contributed by atoms with Crippen molar-refractivity contribution in [1.82, 2.24) is 10.2 Å². The van der Waals surface area contributed by atoms with Gasteiger partial charge in [-0.1, -0.05) is 24.3 Å². The molecule has 2 nitrogen and oxygen atoms in total. The van der Waals surface area contributed by atoms with E-state index in [1.165, 1.54) is 11.1 Å². The van der Waals surface area contributed by atoms with Crippen molar-refractivity contribution in [2.75, 3.05) is 13.1 Å². The van der Waals surface area contributed by atoms with Crippen LogP contribution >= 0.6 is 0 Å². The van der Waals surface area contributed by atoms with Crippen LogP contribution in [-0.2, 0) is 0 Å². The molecule has 0 aromatic heterocycles. The number of aryl methyl sites for hydroxylation is 1. The minimum Gasteiger partial charge on any atom is -0.309 e. The second-order valence-electron chi connectivity index (χ2n) is 5.96. The smallest absolute Gasteiger partial charge is 0.0294 e. The van der Waals surface area contributed by atoms with E-state index in [-0.39, 0.29) is 0 Å². The van der Waals surface area contributed by atoms with E-state index in [1.807, 2.05) is 0 Å². The van der Waals surface area contributed by atoms with Gasteiger partial charge in [-0.15, -0.1) is 0 Å². The van der Waals surface area contributed by atoms with Crippen LogP contribution < -0.4 is 5.32 Å². The maximum Gasteiger partial charge on any atom is 0.0294 e. The minimum atomic E-state index is 0.419. The number of hydrogen-bond donors (Lipinski definition) is 1. The normalized spacial score (nSPS) is 13.5. The summed E-state index contributed by atoms with van der Waals surface area (Å²) in [6.07, 6.45) is 0. The molecule has 1 aromatic rings. The zero-order valence-electron chi connectivity index (χ0n) is 13.4. The second kappa shape index (κ2) is 7.66. The Kier molecular flexibility index (Phi) is 6.53. The number of nitrogens with zero attached hydrogens (tertiary/aromatic N) is 1. The van der Waals surface area contributed by atoms with Gasteiger partial charge < -0.3 is 5.32 Å². The van der Waals surface area contributed by atoms with Crippen molar-refractivity contribution in [2.45, 2.75) is 59.7 Å². The fourth-order valence-corrected chi connectivity index (χ4v) is 2.71. The van der Waals surface area contributed by atoms with Gasteiger partial charge in [0, 0.05) is 31.2 Å². The molecule has 0 heterocycles. The predicted molar refractivity (Wildman–Crippen MR) is 84.6 cm³/mol. The van der Waals surface area contributed by atoms with Gasteiger partial charge in [0.15, 0.2) is 0 Å². The van der Waals surface area contributed by atoms with E-state index in [1.54, 1.807) is 0 Å². The lowest BCUT2D eigenvalue weighted by Gasteiger charge is -2.31. The average molecular weight is 262 g/mol. The van der Waals surface area contributed by atoms with Gasteiger partial charge in [-0.05, 0) is 52.7 Å². The summed E-state index contributed by atoms with van der Waals surface area (Å²) >= 11 is 0. The molecule has 0 aliphatic carbocycles. The maximum atomic E-state index is 3.64. The van der Waals surface area contributed by atoms with Gasteiger partial charge >= 0.3 is 0 Å². The van der Waals surface area contributed by atoms with Crippen LogP contribution in [0.5, 0.6) is 0 Å². The highest BCUT2D eigenvalue weighted by Crippen LogP contribution is 2.16. The van der Waals surface area contributed by atoms with E-state index in [9.17, 15) is 0 Å². The first-order valence-corrected chi connectivity index (χ1v) is 7.48. The second-order valence-corrected chi connectivity index (χ2v) is 5.96. The summed E-state index contributed by atoms with van der Waals surface area (Å²) in [5, 5.41) is 3.64. The fourth-order valence-electron chi connectivity index (χ4n) is 2.71. The molecule has 1 unspecified atom stereocenters. The highest BCUT2D eigenvalue weighted by Gasteiger charge is 2.13. The van der Waals surface area contributed by atoms with Gasteiger partial charge in [0.25, 0.3) is 0 Å². The predicted octanol–water partition coefficient (Wildman–Crippen LogP) is 3.76. The molecule has 1 rings (SSSR count). The van der Waals surface area contributed by atoms with Crippen LogP contribution in [0.15, 0.2) is 24.3 Å². The van der Waals surface area contributed by atoms with Crippen molar-refractivity contribution in [3.8, 4) is 0 Å². The Morgan fingerprint density at radius 3 is 2.11 bits per heavy atom. The quantitative estimate of drug-likeness (QED) is 0.805. The SMILES string of the molecule is Cc1ccccc1C(C)NCCN(C(C)C)C(C)C. The number of nitrogens with one attached hydrogen (secondary N) is 1. The molecule has 19 heavy (non-hydrogen) atoms. The Balaban J connectivity index is 2.47. The molecular weight excluding hydrogens is 232 g/mol. The first-order valence-electron chi connectivity index (χ1n) is 7.48. The summed E-state index contributed by atoms with van der Waals surface area (Å²) in [6, 6.07) is 10.3. The molecule has 108 valence electrons. The molecule has 0 aliphatic rings. The van der Waals surface area contributed by atoms with Gasteiger partial charge in [-0.3, -0.25) is 4.90 Å². The number of rotatable bonds is 7. The number of benzene rings is 1. The molecule has 2 heteroatoms. The zero-order chi connectivity index (χ0) is 14.4. The lowest BCUT2D eigenvalue weighted by Crippen LogP contribution is -2.41. The van der Waals surface area contributed by atoms with Crippen LogP contribution in [0.3, 0.4) is 0 Å². The van der Waals surface area contributed by atoms with Crippen LogP contribution in [0.4, 0.5) is 0 Å². The molecule has 1 N–H and O–H groups in total. The van der Waals surface area contributed by atoms with Crippen LogP contribution in [0.2, 0.25) is 0 Å². The molecule has 0 bridgehead atoms. The van der Waals surface area contributed by atoms with Crippen LogP contribution in [0, 0.1) is 6.92 Å². The molecule has 0 spiro atoms. The lowest BCUT2D eigenvalue weighted by atomic mass is 10.0. The van der Waals surface area contributed by atoms with Gasteiger partial charge in [0.1, 0.15) is 0 Å². The molecular formula is C17H30N2. The van der Waals surface area contributed by atoms with Crippen molar-refractivity contribution in [3.05, 3.63) is 35.4 Å². The topological polar surface area (TPSA) is 15.3 Å². The third kappa shape index (κ3) is 4.96. The van der Waals surface area contributed by atoms with E-state index in [4.69, 9.17) is 0 Å². The Bertz CT molecular complexity index is 363. The minimum absolute atomic E-state index is 0.419. The zero-order valence-corrected chi connectivity index (χ0v) is 13.4. The van der Waals surface area contributed by atoms with Gasteiger partial charge in [-0.2, -0.15) is 0 Å². The molecule has 0 fully saturated rings. The summed E-state index contributed by atoms with van der Waals surface area (Å²) < 4.78 is 0. The summed E-state index contributed by atoms with van der Waals surface area (Å²) in [5.74, 6) is 0. The Morgan fingerprint density at radius 1 is 1.00 bits per heavy atom. The van der Waals surface area contributed by atoms with Crippen molar-refractivity contribution >= 4 is 0 Å². The van der Waals surface area contributed by atoms with Crippen molar-refractivity contribution in [3.63, 3.8) is 0 Å². The number of hydrogen-bond acceptors (Lipinski definition) is 2. The fraction of sp³-hybridized carbons (Fsp3) is 0.647. The van der Waals surface area contributed by atoms with Crippen molar-refractivity contribution < 1.29 is 0 Å². The standard InChI is InChI=1S/C17H30N2/c1-13(2)19(14(3)4)12-11-18-16(6)17-10-8-7-9-15(17)5/h7-10,13-14,16,18H,11-12H2,1-6H3. The third-order valence-corrected chi connectivity index (χ3v) is 3.80. The Hall–Kier alpha value is -0.860. The lowest BCUT2D eigenvalue weighted by molar-refractivity contribution is 0.174. The van der Waals surface area contributed by atoms with Gasteiger partial charge in [-0.25, -0.2) is 0 Å². The summed E-state index contributed by atoms with van der Waals surface area (Å²) in [5.41, 5.74) is 2.77. The molecule has 0 saturated carbocycles. The third-order valence-electron chi connectivity index (χ3n) is 3.80. The van der Waals surface area contributed by atoms with E-state index >= 15 is 0 Å². The molecule has 0 saturated heterocycles. The van der Waals surface area contributed by atoms with Gasteiger partial charge in [0.2, 0.25) is 0 Å².